The quantitative estimate of drug-likeness (QED) is 0.0896. The second-order valence-electron chi connectivity index (χ2n) is 19.6. The Morgan fingerprint density at radius 2 is 0.977 bits per heavy atom. The average molecular weight is 1300 g/mol. The second kappa shape index (κ2) is 23.0. The Balaban J connectivity index is 0.000000249. The van der Waals surface area contributed by atoms with Gasteiger partial charge in [-0.2, -0.15) is 101 Å². The van der Waals surface area contributed by atoms with E-state index in [-0.39, 0.29) is 72.5 Å². The summed E-state index contributed by atoms with van der Waals surface area (Å²) in [6, 6.07) is 11.5. The van der Waals surface area contributed by atoms with E-state index in [1.54, 1.807) is 6.07 Å². The molecular formula is C49H36Cl2F18N12O6. The van der Waals surface area contributed by atoms with Crippen molar-refractivity contribution in [1.29, 1.82) is 10.5 Å². The number of nitrogens with zero attached hydrogens (tertiary/aromatic N) is 12. The van der Waals surface area contributed by atoms with E-state index in [4.69, 9.17) is 23.2 Å². The number of aryl methyl sites for hydroxylation is 2. The van der Waals surface area contributed by atoms with E-state index in [2.05, 4.69) is 35.9 Å². The number of nitriles is 2. The number of carbonyl (C=O) groups is 3. The molecule has 87 heavy (non-hydrogen) atoms. The summed E-state index contributed by atoms with van der Waals surface area (Å²) in [7, 11) is 1.49. The van der Waals surface area contributed by atoms with E-state index >= 15 is 0 Å². The molecule has 2 fully saturated rings. The molecule has 2 aromatic carbocycles. The molecule has 6 aromatic rings. The van der Waals surface area contributed by atoms with Crippen LogP contribution < -0.4 is 9.47 Å². The molecule has 2 aliphatic rings. The van der Waals surface area contributed by atoms with Crippen molar-refractivity contribution in [2.75, 3.05) is 6.54 Å². The van der Waals surface area contributed by atoms with Crippen LogP contribution in [0.5, 0.6) is 11.5 Å². The predicted molar refractivity (Wildman–Crippen MR) is 260 cm³/mol. The summed E-state index contributed by atoms with van der Waals surface area (Å²) < 4.78 is 253. The maximum absolute atomic E-state index is 14.9. The van der Waals surface area contributed by atoms with Crippen molar-refractivity contribution in [3.63, 3.8) is 0 Å². The second-order valence-corrected chi connectivity index (χ2v) is 20.4. The first-order valence-corrected chi connectivity index (χ1v) is 24.9. The first-order chi connectivity index (χ1) is 40.1. The summed E-state index contributed by atoms with van der Waals surface area (Å²) in [4.78, 5) is 40.1. The highest BCUT2D eigenvalue weighted by atomic mass is 35.5. The van der Waals surface area contributed by atoms with Gasteiger partial charge in [-0.15, -0.1) is 0 Å². The van der Waals surface area contributed by atoms with Crippen LogP contribution in [0.1, 0.15) is 71.6 Å². The lowest BCUT2D eigenvalue weighted by atomic mass is 9.99. The third-order valence-electron chi connectivity index (χ3n) is 13.2. The van der Waals surface area contributed by atoms with Crippen LogP contribution in [-0.4, -0.2) is 127 Å². The minimum Gasteiger partial charge on any atom is -0.465 e. The highest BCUT2D eigenvalue weighted by molar-refractivity contribution is 6.34. The molecule has 18 nitrogen and oxygen atoms in total. The van der Waals surface area contributed by atoms with E-state index in [1.165, 1.54) is 29.2 Å². The van der Waals surface area contributed by atoms with Crippen molar-refractivity contribution in [3.05, 3.63) is 93.7 Å². The van der Waals surface area contributed by atoms with Crippen LogP contribution in [0.4, 0.5) is 83.8 Å². The molecule has 0 spiro atoms. The molecule has 38 heteroatoms. The van der Waals surface area contributed by atoms with Crippen LogP contribution in [-0.2, 0) is 25.4 Å². The Bertz CT molecular complexity index is 3690. The molecule has 2 aliphatic carbocycles. The fraction of sp³-hybridized carbons (Fsp3) is 0.408. The van der Waals surface area contributed by atoms with Crippen molar-refractivity contribution in [3.8, 4) is 57.5 Å². The number of aromatic nitrogens is 8. The number of imide groups is 1. The van der Waals surface area contributed by atoms with Crippen LogP contribution in [0.3, 0.4) is 0 Å². The molecule has 3 amide bonds. The first kappa shape index (κ1) is 66.1. The van der Waals surface area contributed by atoms with Crippen molar-refractivity contribution in [2.45, 2.75) is 99.9 Å². The number of benzene rings is 2. The van der Waals surface area contributed by atoms with Gasteiger partial charge in [0.25, 0.3) is 11.8 Å². The fourth-order valence-electron chi connectivity index (χ4n) is 8.72. The van der Waals surface area contributed by atoms with Gasteiger partial charge < -0.3 is 19.5 Å². The van der Waals surface area contributed by atoms with Gasteiger partial charge in [-0.3, -0.25) is 9.59 Å². The average Bonchev–Trinajstić information content (AvgIpc) is 1.73. The number of alkyl halides is 18. The van der Waals surface area contributed by atoms with Gasteiger partial charge in [0.15, 0.2) is 34.5 Å². The smallest absolute Gasteiger partial charge is 0.437 e. The van der Waals surface area contributed by atoms with E-state index in [0.717, 1.165) is 44.0 Å². The Morgan fingerprint density at radius 3 is 1.28 bits per heavy atom. The summed E-state index contributed by atoms with van der Waals surface area (Å²) >= 11 is 12.4. The molecule has 8 rings (SSSR count). The zero-order valence-electron chi connectivity index (χ0n) is 44.0. The van der Waals surface area contributed by atoms with Crippen molar-refractivity contribution < 1.29 is 108 Å². The fourth-order valence-corrected chi connectivity index (χ4v) is 9.12. The van der Waals surface area contributed by atoms with Crippen LogP contribution in [0.25, 0.3) is 33.9 Å². The predicted octanol–water partition coefficient (Wildman–Crippen LogP) is 13.0. The molecule has 0 aliphatic heterocycles. The molecule has 468 valence electrons. The standard InChI is InChI=1S/C26H22ClF9N6O2.C23H14ClF9N6O4/c1-13(2)10-41(23(12-37)6-7-23)21(43)16-8-14(4-5-17(16)27)15-9-38-42(11-15)20-18(44-22(28)29)19(39-40(20)3)24(30,25(31,32)33)26(34,35)36;1-37-16(14(43-18(25)26)15(36-37)21(27,22(28,29)30)23(31,32)33)38-8-11(7-35-38)10-2-3-13(24)12(6-10)17(40)39(19(41)42)20(9-34)4-5-20/h4-5,8-9,11,13,22H,6-7,10H2,1-3H3;2-3,6-8,18H,4-5H2,1H3,(H,41,42). The molecule has 2 saturated carbocycles. The number of hydrogen-bond donors (Lipinski definition) is 1. The van der Waals surface area contributed by atoms with Crippen LogP contribution in [0, 0.1) is 28.6 Å². The maximum Gasteiger partial charge on any atom is 0.437 e. The van der Waals surface area contributed by atoms with Gasteiger partial charge in [0, 0.05) is 44.2 Å². The summed E-state index contributed by atoms with van der Waals surface area (Å²) in [5, 5.41) is 41.7. The zero-order chi connectivity index (χ0) is 65.3. The number of amides is 3. The van der Waals surface area contributed by atoms with Crippen LogP contribution in [0.15, 0.2) is 61.2 Å². The monoisotopic (exact) mass is 1300 g/mol. The molecule has 1 N–H and O–H groups in total. The SMILES string of the molecule is CC(C)CN(C(=O)c1cc(-c2cnn(-c3c(OC(F)F)c(C(F)(C(F)(F)F)C(F)(F)F)nn3C)c2)ccc1Cl)C1(C#N)CC1.Cn1nc(C(F)(C(F)(F)F)C(F)(F)F)c(OC(F)F)c1-n1cc(-c2ccc(Cl)c(C(=O)N(C(=O)O)C3(C#N)CC3)c2)cn1. The number of carboxylic acid groups (broad SMARTS) is 1. The minimum atomic E-state index is -6.70. The Kier molecular flexibility index (Phi) is 17.5. The van der Waals surface area contributed by atoms with Crippen LogP contribution >= 0.6 is 23.2 Å². The number of hydrogen-bond acceptors (Lipinski definition) is 11. The van der Waals surface area contributed by atoms with Gasteiger partial charge in [-0.05, 0) is 67.0 Å². The van der Waals surface area contributed by atoms with Gasteiger partial charge >= 0.3 is 55.4 Å². The van der Waals surface area contributed by atoms with Gasteiger partial charge in [0.05, 0.1) is 45.7 Å². The molecule has 4 aromatic heterocycles. The van der Waals surface area contributed by atoms with Crippen LogP contribution in [0.2, 0.25) is 10.0 Å². The summed E-state index contributed by atoms with van der Waals surface area (Å²) in [5.74, 6) is -7.55. The first-order valence-electron chi connectivity index (χ1n) is 24.2. The molecule has 0 saturated heterocycles. The van der Waals surface area contributed by atoms with E-state index < -0.39 is 118 Å². The van der Waals surface area contributed by atoms with Gasteiger partial charge in [-0.25, -0.2) is 37.2 Å². The van der Waals surface area contributed by atoms with Gasteiger partial charge in [-0.1, -0.05) is 49.2 Å². The lowest BCUT2D eigenvalue weighted by Crippen LogP contribution is -2.51. The van der Waals surface area contributed by atoms with Crippen molar-refractivity contribution in [2.24, 2.45) is 20.0 Å². The zero-order valence-corrected chi connectivity index (χ0v) is 45.5. The molecule has 0 unspecified atom stereocenters. The Labute approximate surface area is 485 Å². The number of carbonyl (C=O) groups excluding carboxylic acids is 2. The van der Waals surface area contributed by atoms with Gasteiger partial charge in [0.1, 0.15) is 11.1 Å². The third kappa shape index (κ3) is 12.1. The molecular weight excluding hydrogens is 1270 g/mol. The summed E-state index contributed by atoms with van der Waals surface area (Å²) in [6.07, 6.45) is -23.5. The van der Waals surface area contributed by atoms with Crippen molar-refractivity contribution >= 4 is 41.1 Å². The lowest BCUT2D eigenvalue weighted by molar-refractivity contribution is -0.351. The third-order valence-corrected chi connectivity index (χ3v) is 13.9. The largest absolute Gasteiger partial charge is 0.465 e. The lowest BCUT2D eigenvalue weighted by Gasteiger charge is -2.29. The Morgan fingerprint density at radius 1 is 0.621 bits per heavy atom. The molecule has 4 heterocycles. The normalized spacial score (nSPS) is 15.0. The highest BCUT2D eigenvalue weighted by Gasteiger charge is 2.77. The molecule has 0 atom stereocenters. The molecule has 0 bridgehead atoms. The number of ether oxygens (including phenoxy) is 2. The van der Waals surface area contributed by atoms with E-state index in [0.29, 0.717) is 34.2 Å². The number of rotatable bonds is 16. The minimum absolute atomic E-state index is 0.00356. The number of halogens is 20. The maximum atomic E-state index is 14.9. The Hall–Kier alpha value is -8.41. The van der Waals surface area contributed by atoms with E-state index in [1.807, 2.05) is 13.8 Å². The highest BCUT2D eigenvalue weighted by Crippen LogP contribution is 2.58. The summed E-state index contributed by atoms with van der Waals surface area (Å²) in [5.41, 5.74) is -20.2. The van der Waals surface area contributed by atoms with Crippen molar-refractivity contribution in [1.82, 2.24) is 48.9 Å². The molecule has 0 radical (unpaired) electrons. The topological polar surface area (TPSA) is 215 Å². The summed E-state index contributed by atoms with van der Waals surface area (Å²) in [6.45, 7) is -4.04. The van der Waals surface area contributed by atoms with Gasteiger partial charge in [0.2, 0.25) is 0 Å². The van der Waals surface area contributed by atoms with E-state index in [9.17, 15) is 109 Å².